The van der Waals surface area contributed by atoms with Crippen LogP contribution in [0.1, 0.15) is 10.4 Å². The first-order valence-electron chi connectivity index (χ1n) is 8.34. The summed E-state index contributed by atoms with van der Waals surface area (Å²) in [6, 6.07) is 12.1. The molecule has 0 unspecified atom stereocenters. The Balaban J connectivity index is 1.79. The van der Waals surface area contributed by atoms with E-state index in [2.05, 4.69) is 42.5 Å². The summed E-state index contributed by atoms with van der Waals surface area (Å²) in [7, 11) is 0. The van der Waals surface area contributed by atoms with Crippen molar-refractivity contribution < 1.29 is 14.3 Å². The molecule has 0 bridgehead atoms. The van der Waals surface area contributed by atoms with Crippen LogP contribution < -0.4 is 15.4 Å². The van der Waals surface area contributed by atoms with Gasteiger partial charge in [-0.15, -0.1) is 0 Å². The minimum absolute atomic E-state index is 0.0139. The second-order valence-corrected chi connectivity index (χ2v) is 9.26. The summed E-state index contributed by atoms with van der Waals surface area (Å²) in [5.41, 5.74) is 0.151. The van der Waals surface area contributed by atoms with Gasteiger partial charge in [-0.1, -0.05) is 74.5 Å². The van der Waals surface area contributed by atoms with E-state index in [4.69, 9.17) is 51.1 Å². The Hall–Kier alpha value is -1.48. The molecule has 11 heteroatoms. The zero-order valence-electron chi connectivity index (χ0n) is 15.1. The highest BCUT2D eigenvalue weighted by Crippen LogP contribution is 2.45. The average molecular weight is 628 g/mol. The van der Waals surface area contributed by atoms with Crippen molar-refractivity contribution in [3.05, 3.63) is 83.1 Å². The van der Waals surface area contributed by atoms with Gasteiger partial charge in [0.25, 0.3) is 5.91 Å². The number of ether oxygens (including phenoxy) is 1. The number of rotatable bonds is 4. The van der Waals surface area contributed by atoms with E-state index in [1.807, 2.05) is 0 Å². The van der Waals surface area contributed by atoms with Gasteiger partial charge in [-0.25, -0.2) is 4.79 Å². The topological polar surface area (TPSA) is 67.4 Å². The standard InChI is InChI=1S/C20H10Br2Cl4N2O3/c21-9-5-6-14(11(22)7-9)31-15-8-13(24)18(17(26)16(15)25)27-20(30)28-19(29)10-3-1-2-4-12(10)23/h1-8H,(H2,27,28,29,30). The van der Waals surface area contributed by atoms with Gasteiger partial charge in [-0.3, -0.25) is 10.1 Å². The molecule has 5 nitrogen and oxygen atoms in total. The van der Waals surface area contributed by atoms with Crippen molar-refractivity contribution in [1.82, 2.24) is 5.32 Å². The van der Waals surface area contributed by atoms with Gasteiger partial charge in [0.1, 0.15) is 16.5 Å². The fourth-order valence-corrected chi connectivity index (χ4v) is 4.47. The summed E-state index contributed by atoms with van der Waals surface area (Å²) in [5.74, 6) is -0.0414. The molecule has 160 valence electrons. The van der Waals surface area contributed by atoms with Crippen LogP contribution in [0, 0.1) is 0 Å². The van der Waals surface area contributed by atoms with Crippen molar-refractivity contribution >= 4 is 95.9 Å². The average Bonchev–Trinajstić information content (AvgIpc) is 2.71. The third-order valence-corrected chi connectivity index (χ3v) is 6.41. The van der Waals surface area contributed by atoms with E-state index in [-0.39, 0.29) is 37.1 Å². The van der Waals surface area contributed by atoms with Gasteiger partial charge in [0.2, 0.25) is 0 Å². The third-order valence-electron chi connectivity index (χ3n) is 3.82. The van der Waals surface area contributed by atoms with Crippen LogP contribution in [0.4, 0.5) is 10.5 Å². The zero-order chi connectivity index (χ0) is 22.7. The zero-order valence-corrected chi connectivity index (χ0v) is 21.3. The highest BCUT2D eigenvalue weighted by Gasteiger charge is 2.20. The maximum Gasteiger partial charge on any atom is 0.326 e. The van der Waals surface area contributed by atoms with Gasteiger partial charge >= 0.3 is 6.03 Å². The van der Waals surface area contributed by atoms with Gasteiger partial charge in [-0.2, -0.15) is 0 Å². The van der Waals surface area contributed by atoms with Crippen molar-refractivity contribution in [2.75, 3.05) is 5.32 Å². The maximum absolute atomic E-state index is 12.3. The number of hydrogen-bond donors (Lipinski definition) is 2. The number of urea groups is 1. The van der Waals surface area contributed by atoms with Crippen LogP contribution in [0.3, 0.4) is 0 Å². The molecule has 0 aromatic heterocycles. The normalized spacial score (nSPS) is 10.5. The summed E-state index contributed by atoms with van der Waals surface area (Å²) < 4.78 is 7.31. The number of amides is 3. The largest absolute Gasteiger partial charge is 0.455 e. The summed E-state index contributed by atoms with van der Waals surface area (Å²) in [5, 5.41) is 4.79. The van der Waals surface area contributed by atoms with E-state index in [0.717, 1.165) is 4.47 Å². The second-order valence-electron chi connectivity index (χ2n) is 5.92. The van der Waals surface area contributed by atoms with E-state index >= 15 is 0 Å². The molecule has 0 saturated heterocycles. The Morgan fingerprint density at radius 2 is 1.55 bits per heavy atom. The smallest absolute Gasteiger partial charge is 0.326 e. The lowest BCUT2D eigenvalue weighted by atomic mass is 10.2. The lowest BCUT2D eigenvalue weighted by molar-refractivity contribution is 0.0967. The lowest BCUT2D eigenvalue weighted by Gasteiger charge is -2.15. The van der Waals surface area contributed by atoms with Crippen LogP contribution in [-0.2, 0) is 0 Å². The van der Waals surface area contributed by atoms with Crippen LogP contribution in [0.25, 0.3) is 0 Å². The Labute approximate surface area is 214 Å². The summed E-state index contributed by atoms with van der Waals surface area (Å²) in [6.45, 7) is 0. The minimum atomic E-state index is -0.867. The predicted molar refractivity (Wildman–Crippen MR) is 131 cm³/mol. The number of anilines is 1. The number of halogens is 6. The molecule has 0 aliphatic rings. The van der Waals surface area contributed by atoms with Crippen LogP contribution in [0.2, 0.25) is 20.1 Å². The van der Waals surface area contributed by atoms with E-state index in [1.165, 1.54) is 18.2 Å². The molecule has 3 aromatic rings. The number of carbonyl (C=O) groups is 2. The van der Waals surface area contributed by atoms with E-state index in [0.29, 0.717) is 10.2 Å². The van der Waals surface area contributed by atoms with Crippen LogP contribution >= 0.6 is 78.3 Å². The lowest BCUT2D eigenvalue weighted by Crippen LogP contribution is -2.34. The molecule has 0 aliphatic heterocycles. The van der Waals surface area contributed by atoms with Gasteiger partial charge in [0.05, 0.1) is 30.8 Å². The van der Waals surface area contributed by atoms with Gasteiger partial charge < -0.3 is 10.1 Å². The molecule has 3 rings (SSSR count). The van der Waals surface area contributed by atoms with Crippen LogP contribution in [-0.4, -0.2) is 11.9 Å². The third kappa shape index (κ3) is 5.86. The van der Waals surface area contributed by atoms with Crippen molar-refractivity contribution in [2.45, 2.75) is 0 Å². The fourth-order valence-electron chi connectivity index (χ4n) is 2.40. The summed E-state index contributed by atoms with van der Waals surface area (Å²) in [4.78, 5) is 24.5. The first-order valence-corrected chi connectivity index (χ1v) is 11.4. The molecular weight excluding hydrogens is 618 g/mol. The molecule has 3 aromatic carbocycles. The Morgan fingerprint density at radius 1 is 0.839 bits per heavy atom. The van der Waals surface area contributed by atoms with Crippen molar-refractivity contribution in [2.24, 2.45) is 0 Å². The molecule has 0 saturated carbocycles. The molecule has 31 heavy (non-hydrogen) atoms. The second kappa shape index (κ2) is 10.4. The molecule has 0 radical (unpaired) electrons. The number of hydrogen-bond acceptors (Lipinski definition) is 3. The monoisotopic (exact) mass is 624 g/mol. The van der Waals surface area contributed by atoms with Crippen LogP contribution in [0.5, 0.6) is 11.5 Å². The molecule has 0 heterocycles. The SMILES string of the molecule is O=C(NC(=O)c1ccccc1Cl)Nc1c(Cl)cc(Oc2ccc(Br)cc2Br)c(Cl)c1Cl. The number of benzene rings is 3. The van der Waals surface area contributed by atoms with Gasteiger partial charge in [0, 0.05) is 10.5 Å². The van der Waals surface area contributed by atoms with Gasteiger partial charge in [0.15, 0.2) is 0 Å². The highest BCUT2D eigenvalue weighted by molar-refractivity contribution is 9.11. The highest BCUT2D eigenvalue weighted by atomic mass is 79.9. The predicted octanol–water partition coefficient (Wildman–Crippen LogP) is 8.58. The molecular formula is C20H10Br2Cl4N2O3. The van der Waals surface area contributed by atoms with Gasteiger partial charge in [-0.05, 0) is 46.3 Å². The first-order chi connectivity index (χ1) is 14.7. The minimum Gasteiger partial charge on any atom is -0.455 e. The summed E-state index contributed by atoms with van der Waals surface area (Å²) >= 11 is 31.6. The molecule has 0 fully saturated rings. The Bertz CT molecular complexity index is 1190. The number of carbonyl (C=O) groups excluding carboxylic acids is 2. The first kappa shape index (κ1) is 24.2. The molecule has 0 aliphatic carbocycles. The molecule has 0 atom stereocenters. The molecule has 3 amide bonds. The maximum atomic E-state index is 12.3. The van der Waals surface area contributed by atoms with Crippen molar-refractivity contribution in [1.29, 1.82) is 0 Å². The van der Waals surface area contributed by atoms with Crippen molar-refractivity contribution in [3.63, 3.8) is 0 Å². The Kier molecular flexibility index (Phi) is 8.13. The number of imide groups is 1. The van der Waals surface area contributed by atoms with E-state index < -0.39 is 11.9 Å². The fraction of sp³-hybridized carbons (Fsp3) is 0. The molecule has 0 spiro atoms. The van der Waals surface area contributed by atoms with E-state index in [9.17, 15) is 9.59 Å². The Morgan fingerprint density at radius 3 is 2.23 bits per heavy atom. The van der Waals surface area contributed by atoms with Crippen LogP contribution in [0.15, 0.2) is 57.5 Å². The van der Waals surface area contributed by atoms with E-state index in [1.54, 1.807) is 30.3 Å². The number of nitrogens with one attached hydrogen (secondary N) is 2. The van der Waals surface area contributed by atoms with Crippen molar-refractivity contribution in [3.8, 4) is 11.5 Å². The quantitative estimate of drug-likeness (QED) is 0.285. The molecule has 2 N–H and O–H groups in total. The summed E-state index contributed by atoms with van der Waals surface area (Å²) in [6.07, 6.45) is 0.